The molecule has 0 unspecified atom stereocenters. The number of pyridine rings is 1. The molecular formula is C23H31ClN2S. The molecule has 1 aromatic heterocycles. The average molecular weight is 403 g/mol. The Morgan fingerprint density at radius 3 is 2.59 bits per heavy atom. The van der Waals surface area contributed by atoms with Gasteiger partial charge in [-0.1, -0.05) is 62.2 Å². The maximum absolute atomic E-state index is 6.45. The fourth-order valence-electron chi connectivity index (χ4n) is 3.79. The van der Waals surface area contributed by atoms with Gasteiger partial charge in [0.15, 0.2) is 0 Å². The molecule has 3 rings (SSSR count). The van der Waals surface area contributed by atoms with Crippen LogP contribution in [0.3, 0.4) is 0 Å². The predicted molar refractivity (Wildman–Crippen MR) is 118 cm³/mol. The molecule has 4 heteroatoms. The maximum Gasteiger partial charge on any atom is 0.104 e. The Balaban J connectivity index is 1.68. The fourth-order valence-corrected chi connectivity index (χ4v) is 4.96. The van der Waals surface area contributed by atoms with E-state index in [1.807, 2.05) is 19.2 Å². The Labute approximate surface area is 173 Å². The number of rotatable bonds is 6. The van der Waals surface area contributed by atoms with Gasteiger partial charge in [0.2, 0.25) is 0 Å². The quantitative estimate of drug-likeness (QED) is 0.504. The number of piperidine rings is 1. The fraction of sp³-hybridized carbons (Fsp3) is 0.522. The Hall–Kier alpha value is -1.19. The van der Waals surface area contributed by atoms with Crippen LogP contribution in [0.15, 0.2) is 40.4 Å². The molecule has 2 aromatic rings. The number of benzene rings is 1. The van der Waals surface area contributed by atoms with Crippen LogP contribution in [-0.4, -0.2) is 18.1 Å². The highest BCUT2D eigenvalue weighted by molar-refractivity contribution is 7.99. The van der Waals surface area contributed by atoms with Gasteiger partial charge < -0.3 is 4.90 Å². The molecule has 0 bridgehead atoms. The van der Waals surface area contributed by atoms with Crippen LogP contribution in [0.5, 0.6) is 0 Å². The second-order valence-corrected chi connectivity index (χ2v) is 9.61. The summed E-state index contributed by atoms with van der Waals surface area (Å²) < 4.78 is 0. The SMILES string of the molecule is CCCCC1(C)CCN(c2cnc(Sc3cccc(C)c3Cl)c(C)c2)CC1. The van der Waals surface area contributed by atoms with Crippen LogP contribution in [0.2, 0.25) is 5.02 Å². The van der Waals surface area contributed by atoms with Crippen molar-refractivity contribution in [2.24, 2.45) is 5.41 Å². The van der Waals surface area contributed by atoms with Crippen LogP contribution >= 0.6 is 23.4 Å². The van der Waals surface area contributed by atoms with Crippen molar-refractivity contribution in [1.29, 1.82) is 0 Å². The van der Waals surface area contributed by atoms with E-state index in [0.29, 0.717) is 5.41 Å². The molecule has 0 saturated carbocycles. The molecule has 1 aliphatic heterocycles. The molecule has 1 aliphatic rings. The number of hydrogen-bond donors (Lipinski definition) is 0. The van der Waals surface area contributed by atoms with Crippen molar-refractivity contribution in [2.45, 2.75) is 69.7 Å². The first kappa shape index (κ1) is 20.5. The lowest BCUT2D eigenvalue weighted by Gasteiger charge is -2.40. The normalized spacial score (nSPS) is 16.6. The Morgan fingerprint density at radius 1 is 1.19 bits per heavy atom. The number of halogens is 1. The monoisotopic (exact) mass is 402 g/mol. The van der Waals surface area contributed by atoms with Crippen LogP contribution in [-0.2, 0) is 0 Å². The smallest absolute Gasteiger partial charge is 0.104 e. The van der Waals surface area contributed by atoms with E-state index in [2.05, 4.69) is 43.9 Å². The van der Waals surface area contributed by atoms with Gasteiger partial charge in [0.25, 0.3) is 0 Å². The average Bonchev–Trinajstić information content (AvgIpc) is 2.66. The minimum atomic E-state index is 0.521. The highest BCUT2D eigenvalue weighted by Crippen LogP contribution is 2.39. The van der Waals surface area contributed by atoms with Gasteiger partial charge in [-0.25, -0.2) is 4.98 Å². The number of aromatic nitrogens is 1. The van der Waals surface area contributed by atoms with E-state index >= 15 is 0 Å². The van der Waals surface area contributed by atoms with E-state index in [-0.39, 0.29) is 0 Å². The van der Waals surface area contributed by atoms with E-state index in [1.54, 1.807) is 11.8 Å². The van der Waals surface area contributed by atoms with Gasteiger partial charge in [0.1, 0.15) is 5.03 Å². The number of nitrogens with zero attached hydrogens (tertiary/aromatic N) is 2. The lowest BCUT2D eigenvalue weighted by Crippen LogP contribution is -2.38. The van der Waals surface area contributed by atoms with Crippen LogP contribution in [0.25, 0.3) is 0 Å². The van der Waals surface area contributed by atoms with Crippen molar-refractivity contribution >= 4 is 29.1 Å². The van der Waals surface area contributed by atoms with Gasteiger partial charge >= 0.3 is 0 Å². The van der Waals surface area contributed by atoms with Gasteiger partial charge in [0, 0.05) is 18.0 Å². The number of anilines is 1. The molecule has 2 nitrogen and oxygen atoms in total. The molecule has 0 N–H and O–H groups in total. The van der Waals surface area contributed by atoms with Crippen molar-refractivity contribution in [3.8, 4) is 0 Å². The third kappa shape index (κ3) is 5.00. The van der Waals surface area contributed by atoms with Crippen LogP contribution in [0, 0.1) is 19.3 Å². The van der Waals surface area contributed by atoms with Crippen LogP contribution in [0.4, 0.5) is 5.69 Å². The van der Waals surface area contributed by atoms with E-state index in [1.165, 1.54) is 43.4 Å². The van der Waals surface area contributed by atoms with Crippen LogP contribution < -0.4 is 4.90 Å². The molecule has 1 saturated heterocycles. The lowest BCUT2D eigenvalue weighted by atomic mass is 9.76. The minimum absolute atomic E-state index is 0.521. The predicted octanol–water partition coefficient (Wildman–Crippen LogP) is 7.30. The summed E-state index contributed by atoms with van der Waals surface area (Å²) in [5.41, 5.74) is 4.10. The van der Waals surface area contributed by atoms with Gasteiger partial charge in [-0.2, -0.15) is 0 Å². The molecule has 0 atom stereocenters. The zero-order chi connectivity index (χ0) is 19.4. The molecule has 1 fully saturated rings. The second-order valence-electron chi connectivity index (χ2n) is 8.21. The Bertz CT molecular complexity index is 782. The van der Waals surface area contributed by atoms with Crippen molar-refractivity contribution < 1.29 is 0 Å². The highest BCUT2D eigenvalue weighted by atomic mass is 35.5. The lowest BCUT2D eigenvalue weighted by molar-refractivity contribution is 0.222. The first-order valence-corrected chi connectivity index (χ1v) is 11.3. The number of aryl methyl sites for hydroxylation is 2. The molecular weight excluding hydrogens is 372 g/mol. The number of unbranched alkanes of at least 4 members (excludes halogenated alkanes) is 1. The van der Waals surface area contributed by atoms with Gasteiger partial charge in [-0.15, -0.1) is 0 Å². The first-order chi connectivity index (χ1) is 12.9. The van der Waals surface area contributed by atoms with Gasteiger partial charge in [-0.05, 0) is 61.8 Å². The van der Waals surface area contributed by atoms with Crippen molar-refractivity contribution in [2.75, 3.05) is 18.0 Å². The summed E-state index contributed by atoms with van der Waals surface area (Å²) in [6.07, 6.45) is 8.61. The molecule has 0 aliphatic carbocycles. The summed E-state index contributed by atoms with van der Waals surface area (Å²) in [6.45, 7) is 11.2. The summed E-state index contributed by atoms with van der Waals surface area (Å²) in [5, 5.41) is 1.87. The van der Waals surface area contributed by atoms with Gasteiger partial charge in [0.05, 0.1) is 16.9 Å². The minimum Gasteiger partial charge on any atom is -0.370 e. The van der Waals surface area contributed by atoms with Gasteiger partial charge in [-0.3, -0.25) is 0 Å². The zero-order valence-corrected chi connectivity index (χ0v) is 18.6. The molecule has 0 radical (unpaired) electrons. The molecule has 146 valence electrons. The maximum atomic E-state index is 6.45. The van der Waals surface area contributed by atoms with Crippen molar-refractivity contribution in [3.05, 3.63) is 46.6 Å². The van der Waals surface area contributed by atoms with E-state index < -0.39 is 0 Å². The molecule has 2 heterocycles. The highest BCUT2D eigenvalue weighted by Gasteiger charge is 2.29. The largest absolute Gasteiger partial charge is 0.370 e. The first-order valence-electron chi connectivity index (χ1n) is 10.1. The third-order valence-electron chi connectivity index (χ3n) is 5.85. The zero-order valence-electron chi connectivity index (χ0n) is 17.0. The molecule has 27 heavy (non-hydrogen) atoms. The Kier molecular flexibility index (Phi) is 6.75. The number of hydrogen-bond acceptors (Lipinski definition) is 3. The van der Waals surface area contributed by atoms with E-state index in [0.717, 1.165) is 33.6 Å². The van der Waals surface area contributed by atoms with Crippen molar-refractivity contribution in [3.63, 3.8) is 0 Å². The molecule has 1 aromatic carbocycles. The third-order valence-corrected chi connectivity index (χ3v) is 7.64. The Morgan fingerprint density at radius 2 is 1.93 bits per heavy atom. The van der Waals surface area contributed by atoms with Crippen LogP contribution in [0.1, 0.15) is 57.1 Å². The summed E-state index contributed by atoms with van der Waals surface area (Å²) >= 11 is 8.11. The topological polar surface area (TPSA) is 16.1 Å². The summed E-state index contributed by atoms with van der Waals surface area (Å²) in [4.78, 5) is 8.34. The second kappa shape index (κ2) is 8.87. The summed E-state index contributed by atoms with van der Waals surface area (Å²) in [7, 11) is 0. The van der Waals surface area contributed by atoms with Crippen molar-refractivity contribution in [1.82, 2.24) is 4.98 Å². The summed E-state index contributed by atoms with van der Waals surface area (Å²) in [5.74, 6) is 0. The molecule has 0 amide bonds. The standard InChI is InChI=1S/C23H31ClN2S/c1-5-6-10-23(4)11-13-26(14-12-23)19-15-18(3)22(25-16-19)27-20-9-7-8-17(2)21(20)24/h7-9,15-16H,5-6,10-14H2,1-4H3. The van der Waals surface area contributed by atoms with E-state index in [9.17, 15) is 0 Å². The summed E-state index contributed by atoms with van der Waals surface area (Å²) in [6, 6.07) is 8.45. The molecule has 0 spiro atoms. The van der Waals surface area contributed by atoms with E-state index in [4.69, 9.17) is 16.6 Å².